The van der Waals surface area contributed by atoms with Crippen LogP contribution in [-0.2, 0) is 10.8 Å². The summed E-state index contributed by atoms with van der Waals surface area (Å²) in [4.78, 5) is 15.8. The van der Waals surface area contributed by atoms with E-state index in [0.717, 1.165) is 53.3 Å². The van der Waals surface area contributed by atoms with Gasteiger partial charge in [0.2, 0.25) is 0 Å². The van der Waals surface area contributed by atoms with Gasteiger partial charge in [-0.1, -0.05) is 137 Å². The molecular weight excluding hydrogens is 645 g/mol. The summed E-state index contributed by atoms with van der Waals surface area (Å²) in [5, 5.41) is 5.10. The molecule has 0 N–H and O–H groups in total. The highest BCUT2D eigenvalue weighted by Crippen LogP contribution is 2.53. The number of hydrogen-bond donors (Lipinski definition) is 0. The molecule has 2 saturated carbocycles. The van der Waals surface area contributed by atoms with Gasteiger partial charge in [-0.3, -0.25) is 0 Å². The average Bonchev–Trinajstić information content (AvgIpc) is 3.80. The van der Waals surface area contributed by atoms with Crippen molar-refractivity contribution in [2.24, 2.45) is 11.8 Å². The molecule has 2 fully saturated rings. The highest BCUT2D eigenvalue weighted by Gasteiger charge is 2.44. The van der Waals surface area contributed by atoms with Crippen LogP contribution in [0.1, 0.15) is 69.8 Å². The predicted octanol–water partition coefficient (Wildman–Crippen LogP) is 12.2. The number of fused-ring (bicyclic) bond motifs is 10. The van der Waals surface area contributed by atoms with Crippen LogP contribution in [0, 0.1) is 11.8 Å². The normalized spacial score (nSPS) is 21.3. The molecule has 4 heteroatoms. The second-order valence-corrected chi connectivity index (χ2v) is 16.8. The van der Waals surface area contributed by atoms with Crippen LogP contribution in [0.15, 0.2) is 127 Å². The lowest BCUT2D eigenvalue weighted by Crippen LogP contribution is -2.33. The Bertz CT molecular complexity index is 2760. The van der Waals surface area contributed by atoms with E-state index in [1.807, 2.05) is 0 Å². The second-order valence-electron chi connectivity index (χ2n) is 16.8. The Balaban J connectivity index is 1.05. The van der Waals surface area contributed by atoms with Gasteiger partial charge in [0, 0.05) is 43.8 Å². The first kappa shape index (κ1) is 31.0. The molecule has 8 aromatic rings. The van der Waals surface area contributed by atoms with Crippen LogP contribution in [0.25, 0.3) is 72.2 Å². The summed E-state index contributed by atoms with van der Waals surface area (Å²) < 4.78 is 2.48. The highest BCUT2D eigenvalue weighted by atomic mass is 15.0. The van der Waals surface area contributed by atoms with Gasteiger partial charge in [-0.05, 0) is 83.0 Å². The van der Waals surface area contributed by atoms with Crippen LogP contribution >= 0.6 is 0 Å². The number of nitrogens with zero attached hydrogens (tertiary/aromatic N) is 4. The Morgan fingerprint density at radius 1 is 0.566 bits per heavy atom. The molecule has 3 aliphatic carbocycles. The van der Waals surface area contributed by atoms with Crippen molar-refractivity contribution in [3.8, 4) is 39.6 Å². The third kappa shape index (κ3) is 4.64. The molecule has 3 aliphatic rings. The number of benzene rings is 6. The van der Waals surface area contributed by atoms with Gasteiger partial charge in [0.05, 0.1) is 11.0 Å². The van der Waals surface area contributed by atoms with Gasteiger partial charge in [0.1, 0.15) is 5.82 Å². The summed E-state index contributed by atoms with van der Waals surface area (Å²) in [5.74, 6) is 4.08. The number of para-hydroxylation sites is 1. The van der Waals surface area contributed by atoms with Crippen molar-refractivity contribution in [3.63, 3.8) is 0 Å². The fourth-order valence-electron chi connectivity index (χ4n) is 10.6. The van der Waals surface area contributed by atoms with Crippen LogP contribution < -0.4 is 0 Å². The largest absolute Gasteiger partial charge is 0.309 e. The van der Waals surface area contributed by atoms with Crippen molar-refractivity contribution in [3.05, 3.63) is 144 Å². The molecule has 3 atom stereocenters. The zero-order valence-corrected chi connectivity index (χ0v) is 30.6. The summed E-state index contributed by atoms with van der Waals surface area (Å²) in [6, 6.07) is 46.6. The first-order chi connectivity index (χ1) is 25.8. The maximum atomic E-state index is 5.35. The van der Waals surface area contributed by atoms with Crippen molar-refractivity contribution in [2.45, 2.75) is 63.7 Å². The molecule has 258 valence electrons. The van der Waals surface area contributed by atoms with E-state index >= 15 is 0 Å². The lowest BCUT2D eigenvalue weighted by atomic mass is 9.69. The third-order valence-corrected chi connectivity index (χ3v) is 13.1. The van der Waals surface area contributed by atoms with Crippen LogP contribution in [0.2, 0.25) is 0 Å². The minimum atomic E-state index is -0.218. The van der Waals surface area contributed by atoms with E-state index in [2.05, 4.69) is 153 Å². The number of rotatable bonds is 4. The fourth-order valence-corrected chi connectivity index (χ4v) is 10.6. The number of hydrogen-bond acceptors (Lipinski definition) is 3. The van der Waals surface area contributed by atoms with Gasteiger partial charge in [-0.25, -0.2) is 15.0 Å². The van der Waals surface area contributed by atoms with E-state index < -0.39 is 0 Å². The molecule has 0 spiro atoms. The SMILES string of the molecule is CC1(c2nc(-c3ccccc3)nc(-c3ccc4c(c3)C(C)(C)c3cc(-n5c6ccccc6c6ccc7ccccc7c65)ccc3-4)n2)CC2CC[C@@H](C2)C1. The maximum Gasteiger partial charge on any atom is 0.163 e. The lowest BCUT2D eigenvalue weighted by Gasteiger charge is -2.36. The molecule has 0 aliphatic heterocycles. The van der Waals surface area contributed by atoms with Gasteiger partial charge in [0.15, 0.2) is 11.6 Å². The zero-order valence-electron chi connectivity index (χ0n) is 30.6. The van der Waals surface area contributed by atoms with E-state index in [0.29, 0.717) is 0 Å². The van der Waals surface area contributed by atoms with Gasteiger partial charge < -0.3 is 4.57 Å². The van der Waals surface area contributed by atoms with E-state index in [9.17, 15) is 0 Å². The average molecular weight is 687 g/mol. The third-order valence-electron chi connectivity index (χ3n) is 13.1. The van der Waals surface area contributed by atoms with Crippen LogP contribution in [0.4, 0.5) is 0 Å². The molecule has 0 saturated heterocycles. The van der Waals surface area contributed by atoms with Crippen molar-refractivity contribution in [1.82, 2.24) is 19.5 Å². The second kappa shape index (κ2) is 11.2. The summed E-state index contributed by atoms with van der Waals surface area (Å²) in [6.45, 7) is 7.16. The van der Waals surface area contributed by atoms with Crippen molar-refractivity contribution in [2.75, 3.05) is 0 Å². The van der Waals surface area contributed by atoms with E-state index in [1.165, 1.54) is 79.8 Å². The molecule has 0 amide bonds. The molecule has 2 aromatic heterocycles. The predicted molar refractivity (Wildman–Crippen MR) is 218 cm³/mol. The maximum absolute atomic E-state index is 5.35. The topological polar surface area (TPSA) is 43.6 Å². The van der Waals surface area contributed by atoms with E-state index in [1.54, 1.807) is 0 Å². The minimum absolute atomic E-state index is 0.0356. The molecule has 4 nitrogen and oxygen atoms in total. The fraction of sp³-hybridized carbons (Fsp3) is 0.245. The molecule has 53 heavy (non-hydrogen) atoms. The van der Waals surface area contributed by atoms with Gasteiger partial charge in [-0.15, -0.1) is 0 Å². The van der Waals surface area contributed by atoms with Crippen LogP contribution in [0.5, 0.6) is 0 Å². The lowest BCUT2D eigenvalue weighted by molar-refractivity contribution is 0.221. The smallest absolute Gasteiger partial charge is 0.163 e. The molecule has 0 radical (unpaired) electrons. The standard InChI is InChI=1S/C49H42N4/c1-48(2)41-26-34(46-50-45(33-12-5-4-6-13-33)51-47(52-46)49(3)28-30-17-18-31(25-30)29-49)20-22-37(41)38-24-21-35(27-42(38)48)53-43-16-10-9-15-39(43)40-23-19-32-11-7-8-14-36(32)44(40)53/h4-16,19-24,26-27,30-31H,17-18,25,28-29H2,1-3H3/t30-,31?,49?/m0/s1. The zero-order chi connectivity index (χ0) is 35.5. The summed E-state index contributed by atoms with van der Waals surface area (Å²) in [6.07, 6.45) is 6.39. The first-order valence-corrected chi connectivity index (χ1v) is 19.4. The Kier molecular flexibility index (Phi) is 6.54. The molecule has 2 heterocycles. The van der Waals surface area contributed by atoms with Gasteiger partial charge >= 0.3 is 0 Å². The summed E-state index contributed by atoms with van der Waals surface area (Å²) in [7, 11) is 0. The Hall–Kier alpha value is -5.61. The molecule has 2 unspecified atom stereocenters. The highest BCUT2D eigenvalue weighted by molar-refractivity contribution is 6.18. The Morgan fingerprint density at radius 2 is 1.23 bits per heavy atom. The Labute approximate surface area is 310 Å². The van der Waals surface area contributed by atoms with E-state index in [4.69, 9.17) is 15.0 Å². The van der Waals surface area contributed by atoms with Crippen molar-refractivity contribution in [1.29, 1.82) is 0 Å². The van der Waals surface area contributed by atoms with Crippen LogP contribution in [0.3, 0.4) is 0 Å². The van der Waals surface area contributed by atoms with Gasteiger partial charge in [-0.2, -0.15) is 0 Å². The number of aromatic nitrogens is 4. The Morgan fingerprint density at radius 3 is 2.02 bits per heavy atom. The molecular formula is C49H42N4. The van der Waals surface area contributed by atoms with Crippen molar-refractivity contribution >= 4 is 32.6 Å². The molecule has 6 aromatic carbocycles. The van der Waals surface area contributed by atoms with Crippen molar-refractivity contribution < 1.29 is 0 Å². The quantitative estimate of drug-likeness (QED) is 0.185. The summed E-state index contributed by atoms with van der Waals surface area (Å²) >= 11 is 0. The van der Waals surface area contributed by atoms with Crippen LogP contribution in [-0.4, -0.2) is 19.5 Å². The monoisotopic (exact) mass is 686 g/mol. The molecule has 11 rings (SSSR count). The first-order valence-electron chi connectivity index (χ1n) is 19.4. The molecule has 2 bridgehead atoms. The minimum Gasteiger partial charge on any atom is -0.309 e. The van der Waals surface area contributed by atoms with E-state index in [-0.39, 0.29) is 10.8 Å². The van der Waals surface area contributed by atoms with Gasteiger partial charge in [0.25, 0.3) is 0 Å². The summed E-state index contributed by atoms with van der Waals surface area (Å²) in [5.41, 5.74) is 10.8.